The van der Waals surface area contributed by atoms with Crippen molar-refractivity contribution in [1.29, 1.82) is 0 Å². The zero-order valence-electron chi connectivity index (χ0n) is 8.83. The van der Waals surface area contributed by atoms with Crippen LogP contribution in [-0.4, -0.2) is 30.7 Å². The third-order valence-electron chi connectivity index (χ3n) is 2.69. The van der Waals surface area contributed by atoms with E-state index in [0.29, 0.717) is 6.04 Å². The predicted octanol–water partition coefficient (Wildman–Crippen LogP) is 1.19. The summed E-state index contributed by atoms with van der Waals surface area (Å²) in [5.41, 5.74) is 1.22. The molecule has 0 unspecified atom stereocenters. The molecule has 0 aliphatic carbocycles. The van der Waals surface area contributed by atoms with Gasteiger partial charge in [-0.2, -0.15) is 0 Å². The van der Waals surface area contributed by atoms with Crippen LogP contribution in [0.1, 0.15) is 12.5 Å². The average molecular weight is 191 g/mol. The molecule has 0 amide bonds. The normalized spacial score (nSPS) is 22.4. The zero-order chi connectivity index (χ0) is 9.97. The van der Waals surface area contributed by atoms with Crippen LogP contribution in [0.5, 0.6) is 0 Å². The highest BCUT2D eigenvalue weighted by atomic mass is 15.3. The first-order valence-corrected chi connectivity index (χ1v) is 5.17. The van der Waals surface area contributed by atoms with Crippen LogP contribution >= 0.6 is 0 Å². The second-order valence-electron chi connectivity index (χ2n) is 3.94. The second-order valence-corrected chi connectivity index (χ2v) is 3.94. The molecule has 1 saturated heterocycles. The molecular formula is C11H17N3. The summed E-state index contributed by atoms with van der Waals surface area (Å²) in [7, 11) is 0. The number of aromatic nitrogens is 1. The summed E-state index contributed by atoms with van der Waals surface area (Å²) in [6, 6.07) is 4.77. The molecule has 0 spiro atoms. The molecule has 1 atom stereocenters. The number of piperazine rings is 1. The predicted molar refractivity (Wildman–Crippen MR) is 58.7 cm³/mol. The molecule has 0 radical (unpaired) electrons. The average Bonchev–Trinajstić information content (AvgIpc) is 2.20. The third-order valence-corrected chi connectivity index (χ3v) is 2.69. The molecule has 1 aliphatic rings. The number of hydrogen-bond donors (Lipinski definition) is 1. The maximum atomic E-state index is 4.45. The summed E-state index contributed by atoms with van der Waals surface area (Å²) in [5.74, 6) is 1.10. The van der Waals surface area contributed by atoms with Gasteiger partial charge in [0.2, 0.25) is 0 Å². The fraction of sp³-hybridized carbons (Fsp3) is 0.545. The van der Waals surface area contributed by atoms with Gasteiger partial charge in [0.25, 0.3) is 0 Å². The Morgan fingerprint density at radius 3 is 3.00 bits per heavy atom. The number of nitrogens with zero attached hydrogens (tertiary/aromatic N) is 2. The first-order valence-electron chi connectivity index (χ1n) is 5.17. The molecule has 14 heavy (non-hydrogen) atoms. The minimum absolute atomic E-state index is 0.541. The Morgan fingerprint density at radius 1 is 1.50 bits per heavy atom. The molecule has 0 saturated carbocycles. The molecule has 3 nitrogen and oxygen atoms in total. The van der Waals surface area contributed by atoms with Crippen molar-refractivity contribution in [1.82, 2.24) is 10.3 Å². The Hall–Kier alpha value is -1.09. The Kier molecular flexibility index (Phi) is 2.68. The van der Waals surface area contributed by atoms with E-state index < -0.39 is 0 Å². The van der Waals surface area contributed by atoms with Gasteiger partial charge >= 0.3 is 0 Å². The standard InChI is InChI=1S/C11H17N3/c1-9-3-4-11(13-7-9)14-6-5-12-8-10(14)2/h3-4,7,10,12H,5-6,8H2,1-2H3/t10-/m1/s1. The fourth-order valence-electron chi connectivity index (χ4n) is 1.81. The van der Waals surface area contributed by atoms with Crippen molar-refractivity contribution in [3.8, 4) is 0 Å². The highest BCUT2D eigenvalue weighted by Crippen LogP contribution is 2.15. The molecule has 0 aromatic carbocycles. The lowest BCUT2D eigenvalue weighted by atomic mass is 10.2. The summed E-state index contributed by atoms with van der Waals surface area (Å²) < 4.78 is 0. The summed E-state index contributed by atoms with van der Waals surface area (Å²) in [4.78, 5) is 6.81. The molecular weight excluding hydrogens is 174 g/mol. The lowest BCUT2D eigenvalue weighted by Gasteiger charge is -2.34. The summed E-state index contributed by atoms with van der Waals surface area (Å²) in [6.45, 7) is 7.46. The largest absolute Gasteiger partial charge is 0.351 e. The molecule has 3 heteroatoms. The minimum Gasteiger partial charge on any atom is -0.351 e. The van der Waals surface area contributed by atoms with Gasteiger partial charge in [0.1, 0.15) is 5.82 Å². The smallest absolute Gasteiger partial charge is 0.128 e. The van der Waals surface area contributed by atoms with Crippen molar-refractivity contribution in [2.24, 2.45) is 0 Å². The Labute approximate surface area is 85.1 Å². The molecule has 1 aromatic heterocycles. The maximum Gasteiger partial charge on any atom is 0.128 e. The van der Waals surface area contributed by atoms with Gasteiger partial charge in [-0.1, -0.05) is 6.07 Å². The van der Waals surface area contributed by atoms with Gasteiger partial charge in [-0.3, -0.25) is 0 Å². The monoisotopic (exact) mass is 191 g/mol. The van der Waals surface area contributed by atoms with Gasteiger partial charge in [0.05, 0.1) is 0 Å². The molecule has 1 aromatic rings. The van der Waals surface area contributed by atoms with Gasteiger partial charge in [0, 0.05) is 31.9 Å². The maximum absolute atomic E-state index is 4.45. The number of hydrogen-bond acceptors (Lipinski definition) is 3. The van der Waals surface area contributed by atoms with E-state index in [9.17, 15) is 0 Å². The molecule has 0 bridgehead atoms. The number of nitrogens with one attached hydrogen (secondary N) is 1. The number of aryl methyl sites for hydroxylation is 1. The minimum atomic E-state index is 0.541. The van der Waals surface area contributed by atoms with E-state index >= 15 is 0 Å². The third kappa shape index (κ3) is 1.87. The molecule has 1 fully saturated rings. The number of pyridine rings is 1. The van der Waals surface area contributed by atoms with Crippen molar-refractivity contribution >= 4 is 5.82 Å². The van der Waals surface area contributed by atoms with Gasteiger partial charge in [-0.15, -0.1) is 0 Å². The number of anilines is 1. The lowest BCUT2D eigenvalue weighted by Crippen LogP contribution is -2.50. The van der Waals surface area contributed by atoms with Crippen molar-refractivity contribution in [2.75, 3.05) is 24.5 Å². The SMILES string of the molecule is Cc1ccc(N2CCNC[C@H]2C)nc1. The van der Waals surface area contributed by atoms with E-state index in [1.54, 1.807) is 0 Å². The van der Waals surface area contributed by atoms with E-state index in [1.807, 2.05) is 6.20 Å². The summed E-state index contributed by atoms with van der Waals surface area (Å²) in [5, 5.41) is 3.38. The quantitative estimate of drug-likeness (QED) is 0.722. The van der Waals surface area contributed by atoms with Gasteiger partial charge in [-0.05, 0) is 25.5 Å². The van der Waals surface area contributed by atoms with Gasteiger partial charge in [0.15, 0.2) is 0 Å². The molecule has 2 heterocycles. The Morgan fingerprint density at radius 2 is 2.36 bits per heavy atom. The van der Waals surface area contributed by atoms with Gasteiger partial charge < -0.3 is 10.2 Å². The first kappa shape index (κ1) is 9.46. The van der Waals surface area contributed by atoms with E-state index in [-0.39, 0.29) is 0 Å². The van der Waals surface area contributed by atoms with Crippen molar-refractivity contribution in [2.45, 2.75) is 19.9 Å². The second kappa shape index (κ2) is 3.96. The fourth-order valence-corrected chi connectivity index (χ4v) is 1.81. The van der Waals surface area contributed by atoms with Crippen LogP contribution in [0.15, 0.2) is 18.3 Å². The van der Waals surface area contributed by atoms with Crippen molar-refractivity contribution < 1.29 is 0 Å². The topological polar surface area (TPSA) is 28.2 Å². The summed E-state index contributed by atoms with van der Waals surface area (Å²) >= 11 is 0. The molecule has 76 valence electrons. The molecule has 1 aliphatic heterocycles. The highest BCUT2D eigenvalue weighted by Gasteiger charge is 2.18. The van der Waals surface area contributed by atoms with Gasteiger partial charge in [-0.25, -0.2) is 4.98 Å². The van der Waals surface area contributed by atoms with Crippen LogP contribution in [0.25, 0.3) is 0 Å². The molecule has 2 rings (SSSR count). The Balaban J connectivity index is 2.16. The first-order chi connectivity index (χ1) is 6.77. The van der Waals surface area contributed by atoms with Crippen molar-refractivity contribution in [3.05, 3.63) is 23.9 Å². The van der Waals surface area contributed by atoms with Crippen molar-refractivity contribution in [3.63, 3.8) is 0 Å². The number of rotatable bonds is 1. The van der Waals surface area contributed by atoms with E-state index in [2.05, 4.69) is 41.2 Å². The van der Waals surface area contributed by atoms with Crippen LogP contribution in [0, 0.1) is 6.92 Å². The van der Waals surface area contributed by atoms with Crippen LogP contribution in [-0.2, 0) is 0 Å². The lowest BCUT2D eigenvalue weighted by molar-refractivity contribution is 0.497. The van der Waals surface area contributed by atoms with Crippen LogP contribution in [0.4, 0.5) is 5.82 Å². The van der Waals surface area contributed by atoms with E-state index in [1.165, 1.54) is 5.56 Å². The summed E-state index contributed by atoms with van der Waals surface area (Å²) in [6.07, 6.45) is 1.93. The highest BCUT2D eigenvalue weighted by molar-refractivity contribution is 5.41. The molecule has 1 N–H and O–H groups in total. The van der Waals surface area contributed by atoms with E-state index in [4.69, 9.17) is 0 Å². The zero-order valence-corrected chi connectivity index (χ0v) is 8.83. The Bertz CT molecular complexity index is 294. The van der Waals surface area contributed by atoms with E-state index in [0.717, 1.165) is 25.5 Å². The van der Waals surface area contributed by atoms with Crippen LogP contribution in [0.2, 0.25) is 0 Å². The van der Waals surface area contributed by atoms with Crippen LogP contribution in [0.3, 0.4) is 0 Å². The van der Waals surface area contributed by atoms with Crippen LogP contribution < -0.4 is 10.2 Å².